The molecule has 1 aromatic carbocycles. The number of alkyl carbamates (subject to hydrolysis) is 1. The maximum absolute atomic E-state index is 13.7. The molecule has 0 spiro atoms. The molecule has 4 bridgehead atoms. The summed E-state index contributed by atoms with van der Waals surface area (Å²) in [6, 6.07) is 3.70. The number of nitrogens with one attached hydrogen (secondary N) is 1. The molecule has 3 aliphatic rings. The first-order chi connectivity index (χ1) is 19.2. The van der Waals surface area contributed by atoms with Crippen LogP contribution < -0.4 is 5.32 Å². The number of amides is 3. The van der Waals surface area contributed by atoms with Crippen molar-refractivity contribution >= 4 is 24.1 Å². The van der Waals surface area contributed by atoms with E-state index in [1.54, 1.807) is 25.7 Å². The zero-order valence-electron chi connectivity index (χ0n) is 24.7. The predicted octanol–water partition coefficient (Wildman–Crippen LogP) is 4.06. The molecule has 0 aromatic heterocycles. The third-order valence-electron chi connectivity index (χ3n) is 8.06. The van der Waals surface area contributed by atoms with Gasteiger partial charge in [0.1, 0.15) is 18.2 Å². The number of carbonyl (C=O) groups excluding carboxylic acids is 3. The van der Waals surface area contributed by atoms with Gasteiger partial charge in [0.15, 0.2) is 0 Å². The van der Waals surface area contributed by atoms with Crippen LogP contribution in [0, 0.1) is 10.8 Å². The molecule has 3 atom stereocenters. The number of cyclic esters (lactones) is 1. The average molecular weight is 574 g/mol. The molecule has 11 nitrogen and oxygen atoms in total. The Hall–Kier alpha value is -3.34. The van der Waals surface area contributed by atoms with Crippen molar-refractivity contribution in [2.45, 2.75) is 98.2 Å². The number of aliphatic carboxylic acids is 1. The number of carboxylic acid groups (broad SMARTS) is 1. The normalized spacial score (nSPS) is 26.4. The Balaban J connectivity index is 1.57. The number of benzene rings is 1. The van der Waals surface area contributed by atoms with Crippen molar-refractivity contribution in [3.8, 4) is 0 Å². The summed E-state index contributed by atoms with van der Waals surface area (Å²) in [7, 11) is 0. The maximum atomic E-state index is 13.7. The van der Waals surface area contributed by atoms with E-state index in [-0.39, 0.29) is 25.0 Å². The summed E-state index contributed by atoms with van der Waals surface area (Å²) in [5.74, 6) is -1.75. The van der Waals surface area contributed by atoms with Crippen LogP contribution >= 0.6 is 0 Å². The quantitative estimate of drug-likeness (QED) is 0.514. The molecular weight excluding hydrogens is 530 g/mol. The first-order valence-corrected chi connectivity index (χ1v) is 14.3. The molecule has 0 radical (unpaired) electrons. The molecule has 1 saturated heterocycles. The summed E-state index contributed by atoms with van der Waals surface area (Å²) < 4.78 is 17.2. The Morgan fingerprint density at radius 2 is 1.83 bits per heavy atom. The van der Waals surface area contributed by atoms with E-state index >= 15 is 0 Å². The number of nitrogens with zero attached hydrogens (tertiary/aromatic N) is 2. The first-order valence-electron chi connectivity index (χ1n) is 14.3. The van der Waals surface area contributed by atoms with Crippen molar-refractivity contribution in [1.29, 1.82) is 0 Å². The fourth-order valence-electron chi connectivity index (χ4n) is 5.63. The molecule has 226 valence electrons. The molecule has 3 heterocycles. The van der Waals surface area contributed by atoms with Gasteiger partial charge in [-0.05, 0) is 40.4 Å². The fraction of sp³-hybridized carbons (Fsp3) is 0.667. The molecule has 4 rings (SSSR count). The lowest BCUT2D eigenvalue weighted by atomic mass is 9.85. The second kappa shape index (κ2) is 12.3. The summed E-state index contributed by atoms with van der Waals surface area (Å²) in [5.41, 5.74) is 2.08. The molecule has 1 unspecified atom stereocenters. The number of rotatable bonds is 1. The minimum atomic E-state index is -1.20. The molecule has 3 amide bonds. The third kappa shape index (κ3) is 7.49. The monoisotopic (exact) mass is 573 g/mol. The van der Waals surface area contributed by atoms with Crippen molar-refractivity contribution in [2.75, 3.05) is 19.8 Å². The molecule has 41 heavy (non-hydrogen) atoms. The van der Waals surface area contributed by atoms with Crippen molar-refractivity contribution in [3.05, 3.63) is 34.9 Å². The smallest absolute Gasteiger partial charge is 0.410 e. The maximum Gasteiger partial charge on any atom is 0.410 e. The number of fused-ring (bicyclic) bond motifs is 3. The lowest BCUT2D eigenvalue weighted by Crippen LogP contribution is -2.57. The zero-order chi connectivity index (χ0) is 29.9. The summed E-state index contributed by atoms with van der Waals surface area (Å²) >= 11 is 0. The standard InChI is InChI=1S/C30H43N3O8/c1-29(2,3)24-25(34)33-15-21(13-23(33)26(35)36)41-28(38)32-14-19-9-8-10-20(22(19)16-32)17-39-12-7-6-11-30(4,5)18-40-27(37)31-24/h8-10,21,23-24H,6-7,11-18H2,1-5H3,(H,31,37)(H,35,36)/t21-,23?,24-/m1/s1. The Kier molecular flexibility index (Phi) is 9.16. The van der Waals surface area contributed by atoms with Crippen molar-refractivity contribution in [1.82, 2.24) is 15.1 Å². The van der Waals surface area contributed by atoms with Gasteiger partial charge in [-0.15, -0.1) is 0 Å². The minimum Gasteiger partial charge on any atom is -0.480 e. The molecule has 1 aromatic rings. The zero-order valence-corrected chi connectivity index (χ0v) is 24.7. The van der Waals surface area contributed by atoms with E-state index in [0.29, 0.717) is 26.3 Å². The van der Waals surface area contributed by atoms with E-state index < -0.39 is 47.7 Å². The topological polar surface area (TPSA) is 135 Å². The Labute approximate surface area is 241 Å². The number of carbonyl (C=O) groups is 4. The van der Waals surface area contributed by atoms with E-state index in [2.05, 4.69) is 5.32 Å². The lowest BCUT2D eigenvalue weighted by molar-refractivity contribution is -0.150. The molecule has 2 N–H and O–H groups in total. The van der Waals surface area contributed by atoms with Crippen LogP contribution in [0.15, 0.2) is 18.2 Å². The van der Waals surface area contributed by atoms with Gasteiger partial charge in [-0.2, -0.15) is 0 Å². The Morgan fingerprint density at radius 1 is 1.10 bits per heavy atom. The molecule has 0 saturated carbocycles. The second-order valence-electron chi connectivity index (χ2n) is 13.2. The highest BCUT2D eigenvalue weighted by molar-refractivity contribution is 5.90. The molecule has 3 aliphatic heterocycles. The van der Waals surface area contributed by atoms with Gasteiger partial charge in [0, 0.05) is 19.6 Å². The first kappa shape index (κ1) is 30.6. The number of hydrogen-bond donors (Lipinski definition) is 2. The van der Waals surface area contributed by atoms with Crippen LogP contribution in [-0.2, 0) is 43.5 Å². The summed E-state index contributed by atoms with van der Waals surface area (Å²) in [6.45, 7) is 11.3. The van der Waals surface area contributed by atoms with E-state index in [4.69, 9.17) is 14.2 Å². The number of ether oxygens (including phenoxy) is 3. The molecule has 11 heteroatoms. The highest BCUT2D eigenvalue weighted by Crippen LogP contribution is 2.31. The van der Waals surface area contributed by atoms with Crippen LogP contribution in [0.4, 0.5) is 9.59 Å². The van der Waals surface area contributed by atoms with Crippen LogP contribution in [-0.4, -0.2) is 76.9 Å². The van der Waals surface area contributed by atoms with Crippen LogP contribution in [0.25, 0.3) is 0 Å². The van der Waals surface area contributed by atoms with Gasteiger partial charge in [-0.25, -0.2) is 14.4 Å². The highest BCUT2D eigenvalue weighted by Gasteiger charge is 2.46. The van der Waals surface area contributed by atoms with Gasteiger partial charge < -0.3 is 29.5 Å². The molecule has 0 aliphatic carbocycles. The van der Waals surface area contributed by atoms with E-state index in [1.165, 1.54) is 4.90 Å². The largest absolute Gasteiger partial charge is 0.480 e. The summed E-state index contributed by atoms with van der Waals surface area (Å²) in [4.78, 5) is 54.6. The fourth-order valence-corrected chi connectivity index (χ4v) is 5.63. The van der Waals surface area contributed by atoms with Crippen LogP contribution in [0.1, 0.15) is 77.0 Å². The minimum absolute atomic E-state index is 0.0395. The summed E-state index contributed by atoms with van der Waals surface area (Å²) in [6.07, 6.45) is 0.422. The summed E-state index contributed by atoms with van der Waals surface area (Å²) in [5, 5.41) is 12.6. The van der Waals surface area contributed by atoms with E-state index in [9.17, 15) is 24.3 Å². The van der Waals surface area contributed by atoms with Gasteiger partial charge in [0.2, 0.25) is 5.91 Å². The molecule has 1 fully saturated rings. The number of hydrogen-bond acceptors (Lipinski definition) is 7. The second-order valence-corrected chi connectivity index (χ2v) is 13.2. The lowest BCUT2D eigenvalue weighted by Gasteiger charge is -2.34. The Bertz CT molecular complexity index is 1160. The average Bonchev–Trinajstić information content (AvgIpc) is 3.52. The Morgan fingerprint density at radius 3 is 2.54 bits per heavy atom. The van der Waals surface area contributed by atoms with Gasteiger partial charge in [-0.1, -0.05) is 59.2 Å². The van der Waals surface area contributed by atoms with Crippen molar-refractivity contribution < 1.29 is 38.5 Å². The van der Waals surface area contributed by atoms with Crippen LogP contribution in [0.5, 0.6) is 0 Å². The van der Waals surface area contributed by atoms with Crippen molar-refractivity contribution in [3.63, 3.8) is 0 Å². The van der Waals surface area contributed by atoms with Crippen LogP contribution in [0.2, 0.25) is 0 Å². The SMILES string of the molecule is CC1(C)CCCCOCc2cccc3c2CN(C3)C(=O)O[C@@H]2CC(C(=O)O)N(C2)C(=O)[C@H](C(C)(C)C)NC(=O)OC1. The van der Waals surface area contributed by atoms with Gasteiger partial charge in [0.25, 0.3) is 0 Å². The number of carboxylic acids is 1. The van der Waals surface area contributed by atoms with Gasteiger partial charge in [0.05, 0.1) is 26.3 Å². The predicted molar refractivity (Wildman–Crippen MR) is 149 cm³/mol. The van der Waals surface area contributed by atoms with Crippen molar-refractivity contribution in [2.24, 2.45) is 10.8 Å². The van der Waals surface area contributed by atoms with Gasteiger partial charge in [-0.3, -0.25) is 9.69 Å². The third-order valence-corrected chi connectivity index (χ3v) is 8.06. The highest BCUT2D eigenvalue weighted by atomic mass is 16.6. The van der Waals surface area contributed by atoms with E-state index in [0.717, 1.165) is 36.0 Å². The van der Waals surface area contributed by atoms with E-state index in [1.807, 2.05) is 32.0 Å². The van der Waals surface area contributed by atoms with Gasteiger partial charge >= 0.3 is 18.2 Å². The van der Waals surface area contributed by atoms with Crippen LogP contribution in [0.3, 0.4) is 0 Å². The molecular formula is C30H43N3O8.